The van der Waals surface area contributed by atoms with Crippen molar-refractivity contribution in [1.29, 1.82) is 0 Å². The number of unbranched alkanes of at least 4 members (excludes halogenated alkanes) is 1. The average molecular weight is 427 g/mol. The predicted molar refractivity (Wildman–Crippen MR) is 128 cm³/mol. The molecule has 30 heavy (non-hydrogen) atoms. The standard InChI is InChI=1S/C26H38N2OS/c1-25(2)11-12-26(3,4)22-16-19(9-10-21(22)25)23-18-30-24(27-23)20-8-7-14-28(17-20)13-5-6-15-29/h9-10,16,18,20,29H,5-8,11-15,17H2,1-4H3. The van der Waals surface area contributed by atoms with Gasteiger partial charge >= 0.3 is 0 Å². The van der Waals surface area contributed by atoms with Gasteiger partial charge in [-0.3, -0.25) is 0 Å². The van der Waals surface area contributed by atoms with Gasteiger partial charge in [0.1, 0.15) is 0 Å². The van der Waals surface area contributed by atoms with E-state index in [0.717, 1.165) is 31.6 Å². The van der Waals surface area contributed by atoms with Crippen LogP contribution in [0.15, 0.2) is 23.6 Å². The summed E-state index contributed by atoms with van der Waals surface area (Å²) in [4.78, 5) is 7.68. The molecule has 2 aromatic rings. The van der Waals surface area contributed by atoms with Crippen LogP contribution >= 0.6 is 11.3 Å². The number of aliphatic hydroxyl groups excluding tert-OH is 1. The lowest BCUT2D eigenvalue weighted by Crippen LogP contribution is -2.35. The molecule has 4 heteroatoms. The molecule has 0 radical (unpaired) electrons. The van der Waals surface area contributed by atoms with E-state index < -0.39 is 0 Å². The molecule has 0 amide bonds. The van der Waals surface area contributed by atoms with E-state index in [2.05, 4.69) is 56.2 Å². The fraction of sp³-hybridized carbons (Fsp3) is 0.654. The Hall–Kier alpha value is -1.23. The molecule has 1 aromatic carbocycles. The van der Waals surface area contributed by atoms with Crippen LogP contribution in [0.2, 0.25) is 0 Å². The summed E-state index contributed by atoms with van der Waals surface area (Å²) in [6.45, 7) is 13.3. The molecule has 1 aliphatic carbocycles. The Labute approximate surface area is 186 Å². The maximum absolute atomic E-state index is 9.04. The molecule has 2 heterocycles. The topological polar surface area (TPSA) is 36.4 Å². The molecule has 0 bridgehead atoms. The summed E-state index contributed by atoms with van der Waals surface area (Å²) in [5, 5.41) is 12.6. The van der Waals surface area contributed by atoms with E-state index in [1.54, 1.807) is 0 Å². The number of fused-ring (bicyclic) bond motifs is 1. The molecule has 1 atom stereocenters. The number of aromatic nitrogens is 1. The van der Waals surface area contributed by atoms with Crippen LogP contribution in [0, 0.1) is 0 Å². The maximum atomic E-state index is 9.04. The second-order valence-corrected chi connectivity index (χ2v) is 11.6. The Morgan fingerprint density at radius 3 is 2.63 bits per heavy atom. The molecule has 2 aliphatic rings. The zero-order chi connectivity index (χ0) is 21.4. The van der Waals surface area contributed by atoms with E-state index in [0.29, 0.717) is 12.5 Å². The first kappa shape index (κ1) is 22.0. The van der Waals surface area contributed by atoms with Crippen molar-refractivity contribution in [2.24, 2.45) is 0 Å². The van der Waals surface area contributed by atoms with Crippen molar-refractivity contribution in [1.82, 2.24) is 9.88 Å². The summed E-state index contributed by atoms with van der Waals surface area (Å²) in [7, 11) is 0. The van der Waals surface area contributed by atoms with Gasteiger partial charge in [0.2, 0.25) is 0 Å². The highest BCUT2D eigenvalue weighted by atomic mass is 32.1. The highest BCUT2D eigenvalue weighted by Gasteiger charge is 2.37. The summed E-state index contributed by atoms with van der Waals surface area (Å²) < 4.78 is 0. The number of piperidine rings is 1. The van der Waals surface area contributed by atoms with Gasteiger partial charge in [0, 0.05) is 30.0 Å². The van der Waals surface area contributed by atoms with Crippen LogP contribution in [0.25, 0.3) is 11.3 Å². The zero-order valence-corrected chi connectivity index (χ0v) is 20.0. The first-order valence-corrected chi connectivity index (χ1v) is 12.6. The smallest absolute Gasteiger partial charge is 0.0976 e. The third-order valence-corrected chi connectivity index (χ3v) is 8.41. The molecule has 1 saturated heterocycles. The fourth-order valence-electron chi connectivity index (χ4n) is 5.26. The van der Waals surface area contributed by atoms with Crippen LogP contribution in [-0.2, 0) is 10.8 Å². The number of rotatable bonds is 6. The summed E-state index contributed by atoms with van der Waals surface area (Å²) in [5.41, 5.74) is 5.95. The minimum Gasteiger partial charge on any atom is -0.396 e. The zero-order valence-electron chi connectivity index (χ0n) is 19.2. The summed E-state index contributed by atoms with van der Waals surface area (Å²) in [5.74, 6) is 0.555. The molecule has 1 aliphatic heterocycles. The van der Waals surface area contributed by atoms with E-state index in [9.17, 15) is 0 Å². The molecule has 0 spiro atoms. The number of likely N-dealkylation sites (tertiary alicyclic amines) is 1. The Kier molecular flexibility index (Phi) is 6.39. The minimum atomic E-state index is 0.234. The molecule has 164 valence electrons. The van der Waals surface area contributed by atoms with Crippen LogP contribution in [0.4, 0.5) is 0 Å². The van der Waals surface area contributed by atoms with Crippen molar-refractivity contribution < 1.29 is 5.11 Å². The van der Waals surface area contributed by atoms with Gasteiger partial charge < -0.3 is 10.0 Å². The van der Waals surface area contributed by atoms with Crippen LogP contribution in [-0.4, -0.2) is 41.2 Å². The van der Waals surface area contributed by atoms with Crippen molar-refractivity contribution in [3.8, 4) is 11.3 Å². The summed E-state index contributed by atoms with van der Waals surface area (Å²) in [6, 6.07) is 7.09. The number of hydrogen-bond acceptors (Lipinski definition) is 4. The molecular weight excluding hydrogens is 388 g/mol. The van der Waals surface area contributed by atoms with Gasteiger partial charge in [-0.25, -0.2) is 4.98 Å². The van der Waals surface area contributed by atoms with Crippen LogP contribution < -0.4 is 0 Å². The van der Waals surface area contributed by atoms with E-state index >= 15 is 0 Å². The number of benzene rings is 1. The molecular formula is C26H38N2OS. The first-order chi connectivity index (χ1) is 14.3. The van der Waals surface area contributed by atoms with E-state index in [1.165, 1.54) is 53.9 Å². The van der Waals surface area contributed by atoms with Crippen molar-refractivity contribution in [3.05, 3.63) is 39.7 Å². The second-order valence-electron chi connectivity index (χ2n) is 10.7. The van der Waals surface area contributed by atoms with Gasteiger partial charge in [0.25, 0.3) is 0 Å². The third kappa shape index (κ3) is 4.51. The number of hydrogen-bond donors (Lipinski definition) is 1. The lowest BCUT2D eigenvalue weighted by atomic mass is 9.63. The first-order valence-electron chi connectivity index (χ1n) is 11.7. The van der Waals surface area contributed by atoms with Crippen molar-refractivity contribution in [3.63, 3.8) is 0 Å². The van der Waals surface area contributed by atoms with Crippen LogP contribution in [0.5, 0.6) is 0 Å². The quantitative estimate of drug-likeness (QED) is 0.566. The van der Waals surface area contributed by atoms with E-state index in [4.69, 9.17) is 10.1 Å². The number of aliphatic hydroxyl groups is 1. The number of thiazole rings is 1. The van der Waals surface area contributed by atoms with Gasteiger partial charge in [0.05, 0.1) is 10.7 Å². The Morgan fingerprint density at radius 2 is 1.87 bits per heavy atom. The highest BCUT2D eigenvalue weighted by molar-refractivity contribution is 7.10. The molecule has 1 fully saturated rings. The van der Waals surface area contributed by atoms with Gasteiger partial charge in [-0.2, -0.15) is 0 Å². The average Bonchev–Trinajstić information content (AvgIpc) is 3.22. The maximum Gasteiger partial charge on any atom is 0.0976 e. The summed E-state index contributed by atoms with van der Waals surface area (Å²) >= 11 is 1.84. The van der Waals surface area contributed by atoms with Gasteiger partial charge in [0.15, 0.2) is 0 Å². The van der Waals surface area contributed by atoms with Gasteiger partial charge in [-0.1, -0.05) is 39.8 Å². The van der Waals surface area contributed by atoms with E-state index in [-0.39, 0.29) is 10.8 Å². The molecule has 3 nitrogen and oxygen atoms in total. The van der Waals surface area contributed by atoms with Gasteiger partial charge in [-0.05, 0) is 79.6 Å². The van der Waals surface area contributed by atoms with Crippen molar-refractivity contribution in [2.75, 3.05) is 26.2 Å². The second kappa shape index (κ2) is 8.72. The number of nitrogens with zero attached hydrogens (tertiary/aromatic N) is 2. The largest absolute Gasteiger partial charge is 0.396 e. The monoisotopic (exact) mass is 426 g/mol. The highest BCUT2D eigenvalue weighted by Crippen LogP contribution is 2.47. The van der Waals surface area contributed by atoms with Gasteiger partial charge in [-0.15, -0.1) is 11.3 Å². The fourth-order valence-corrected chi connectivity index (χ4v) is 6.22. The third-order valence-electron chi connectivity index (χ3n) is 7.41. The lowest BCUT2D eigenvalue weighted by molar-refractivity contribution is 0.195. The summed E-state index contributed by atoms with van der Waals surface area (Å²) in [6.07, 6.45) is 6.99. The Morgan fingerprint density at radius 1 is 1.10 bits per heavy atom. The predicted octanol–water partition coefficient (Wildman–Crippen LogP) is 6.11. The SMILES string of the molecule is CC1(C)CCC(C)(C)c2cc(-c3csc(C4CCCN(CCCCO)C4)n3)ccc21. The van der Waals surface area contributed by atoms with E-state index in [1.807, 2.05) is 11.3 Å². The molecule has 1 N–H and O–H groups in total. The van der Waals surface area contributed by atoms with Crippen molar-refractivity contribution in [2.45, 2.75) is 83.0 Å². The minimum absolute atomic E-state index is 0.234. The Bertz CT molecular complexity index is 870. The normalized spacial score (nSPS) is 23.3. The molecule has 1 unspecified atom stereocenters. The molecule has 0 saturated carbocycles. The Balaban J connectivity index is 1.53. The van der Waals surface area contributed by atoms with Crippen LogP contribution in [0.3, 0.4) is 0 Å². The van der Waals surface area contributed by atoms with Crippen molar-refractivity contribution >= 4 is 11.3 Å². The van der Waals surface area contributed by atoms with Crippen LogP contribution in [0.1, 0.15) is 88.3 Å². The molecule has 1 aromatic heterocycles. The lowest BCUT2D eigenvalue weighted by Gasteiger charge is -2.42. The molecule has 4 rings (SSSR count).